The van der Waals surface area contributed by atoms with Crippen molar-refractivity contribution in [2.45, 2.75) is 19.0 Å². The van der Waals surface area contributed by atoms with Crippen molar-refractivity contribution >= 4 is 16.8 Å². The van der Waals surface area contributed by atoms with Gasteiger partial charge in [0.1, 0.15) is 0 Å². The van der Waals surface area contributed by atoms with E-state index < -0.39 is 0 Å². The van der Waals surface area contributed by atoms with Crippen LogP contribution < -0.4 is 10.6 Å². The SMILES string of the molecule is O=C(Cl)CNC1CCCN1. The lowest BCUT2D eigenvalue weighted by Gasteiger charge is -2.09. The summed E-state index contributed by atoms with van der Waals surface area (Å²) < 4.78 is 0. The standard InChI is InChI=1S/C6H11ClN2O/c7-5(10)4-9-6-2-1-3-8-6/h6,8-9H,1-4H2. The molecule has 0 aromatic rings. The fourth-order valence-corrected chi connectivity index (χ4v) is 1.14. The molecule has 0 aromatic carbocycles. The highest BCUT2D eigenvalue weighted by molar-refractivity contribution is 6.64. The molecule has 2 N–H and O–H groups in total. The predicted octanol–water partition coefficient (Wildman–Crippen LogP) is 0.0509. The first kappa shape index (κ1) is 7.98. The van der Waals surface area contributed by atoms with Crippen LogP contribution >= 0.6 is 11.6 Å². The lowest BCUT2D eigenvalue weighted by Crippen LogP contribution is -2.39. The van der Waals surface area contributed by atoms with Gasteiger partial charge < -0.3 is 5.32 Å². The van der Waals surface area contributed by atoms with Crippen LogP contribution in [0.3, 0.4) is 0 Å². The van der Waals surface area contributed by atoms with Gasteiger partial charge in [-0.15, -0.1) is 0 Å². The molecule has 0 aliphatic carbocycles. The van der Waals surface area contributed by atoms with Crippen LogP contribution in [0, 0.1) is 0 Å². The molecule has 58 valence electrons. The molecule has 10 heavy (non-hydrogen) atoms. The molecule has 0 spiro atoms. The average molecular weight is 163 g/mol. The van der Waals surface area contributed by atoms with Crippen LogP contribution in [0.4, 0.5) is 0 Å². The Hall–Kier alpha value is -0.120. The summed E-state index contributed by atoms with van der Waals surface area (Å²) in [7, 11) is 0. The smallest absolute Gasteiger partial charge is 0.235 e. The van der Waals surface area contributed by atoms with Crippen LogP contribution in [-0.4, -0.2) is 24.5 Å². The van der Waals surface area contributed by atoms with Crippen LogP contribution in [0.25, 0.3) is 0 Å². The molecule has 1 saturated heterocycles. The Labute approximate surface area is 65.1 Å². The molecule has 0 radical (unpaired) electrons. The topological polar surface area (TPSA) is 41.1 Å². The van der Waals surface area contributed by atoms with Crippen molar-refractivity contribution < 1.29 is 4.79 Å². The lowest BCUT2D eigenvalue weighted by atomic mass is 10.3. The van der Waals surface area contributed by atoms with Crippen LogP contribution in [0.2, 0.25) is 0 Å². The van der Waals surface area contributed by atoms with E-state index in [9.17, 15) is 4.79 Å². The van der Waals surface area contributed by atoms with Gasteiger partial charge in [-0.05, 0) is 31.0 Å². The van der Waals surface area contributed by atoms with E-state index in [-0.39, 0.29) is 11.8 Å². The zero-order valence-corrected chi connectivity index (χ0v) is 6.45. The Morgan fingerprint density at radius 1 is 1.80 bits per heavy atom. The molecule has 4 heteroatoms. The normalized spacial score (nSPS) is 25.1. The van der Waals surface area contributed by atoms with Gasteiger partial charge >= 0.3 is 0 Å². The van der Waals surface area contributed by atoms with Crippen LogP contribution in [0.15, 0.2) is 0 Å². The molecule has 0 saturated carbocycles. The Morgan fingerprint density at radius 2 is 2.60 bits per heavy atom. The van der Waals surface area contributed by atoms with Crippen LogP contribution in [-0.2, 0) is 4.79 Å². The Kier molecular flexibility index (Phi) is 3.12. The summed E-state index contributed by atoms with van der Waals surface area (Å²) in [5.74, 6) is 0. The number of hydrogen-bond acceptors (Lipinski definition) is 3. The highest BCUT2D eigenvalue weighted by atomic mass is 35.5. The van der Waals surface area contributed by atoms with Crippen LogP contribution in [0.5, 0.6) is 0 Å². The summed E-state index contributed by atoms with van der Waals surface area (Å²) in [6.07, 6.45) is 2.56. The Balaban J connectivity index is 2.07. The van der Waals surface area contributed by atoms with E-state index in [0.29, 0.717) is 6.17 Å². The second-order valence-electron chi connectivity index (χ2n) is 2.38. The van der Waals surface area contributed by atoms with Crippen molar-refractivity contribution in [3.63, 3.8) is 0 Å². The molecule has 1 atom stereocenters. The number of nitrogens with one attached hydrogen (secondary N) is 2. The summed E-state index contributed by atoms with van der Waals surface area (Å²) in [4.78, 5) is 10.3. The van der Waals surface area contributed by atoms with Gasteiger partial charge in [0.2, 0.25) is 5.24 Å². The third kappa shape index (κ3) is 2.64. The predicted molar refractivity (Wildman–Crippen MR) is 39.9 cm³/mol. The monoisotopic (exact) mass is 162 g/mol. The molecule has 1 aliphatic heterocycles. The number of hydrogen-bond donors (Lipinski definition) is 2. The van der Waals surface area contributed by atoms with Crippen molar-refractivity contribution in [3.05, 3.63) is 0 Å². The molecule has 0 amide bonds. The molecule has 0 bridgehead atoms. The van der Waals surface area contributed by atoms with E-state index in [1.165, 1.54) is 6.42 Å². The third-order valence-corrected chi connectivity index (χ3v) is 1.68. The largest absolute Gasteiger partial charge is 0.302 e. The quantitative estimate of drug-likeness (QED) is 0.577. The minimum atomic E-state index is -0.325. The first-order valence-corrected chi connectivity index (χ1v) is 3.82. The van der Waals surface area contributed by atoms with Crippen molar-refractivity contribution in [2.75, 3.05) is 13.1 Å². The summed E-state index contributed by atoms with van der Waals surface area (Å²) in [6, 6.07) is 0. The molecule has 0 aromatic heterocycles. The maximum atomic E-state index is 10.3. The molecule has 1 fully saturated rings. The van der Waals surface area contributed by atoms with Gasteiger partial charge in [0.25, 0.3) is 0 Å². The molecular weight excluding hydrogens is 152 g/mol. The highest BCUT2D eigenvalue weighted by Crippen LogP contribution is 2.00. The summed E-state index contributed by atoms with van der Waals surface area (Å²) in [5.41, 5.74) is 0. The zero-order chi connectivity index (χ0) is 7.40. The Morgan fingerprint density at radius 3 is 3.10 bits per heavy atom. The van der Waals surface area contributed by atoms with Gasteiger partial charge in [-0.2, -0.15) is 0 Å². The summed E-state index contributed by atoms with van der Waals surface area (Å²) in [5, 5.41) is 5.85. The molecule has 1 unspecified atom stereocenters. The second-order valence-corrected chi connectivity index (χ2v) is 2.81. The van der Waals surface area contributed by atoms with Gasteiger partial charge in [-0.3, -0.25) is 10.1 Å². The van der Waals surface area contributed by atoms with E-state index >= 15 is 0 Å². The van der Waals surface area contributed by atoms with Crippen molar-refractivity contribution in [3.8, 4) is 0 Å². The number of halogens is 1. The van der Waals surface area contributed by atoms with E-state index in [4.69, 9.17) is 11.6 Å². The summed E-state index contributed by atoms with van der Waals surface area (Å²) >= 11 is 5.13. The van der Waals surface area contributed by atoms with E-state index in [0.717, 1.165) is 13.0 Å². The van der Waals surface area contributed by atoms with Crippen molar-refractivity contribution in [1.29, 1.82) is 0 Å². The maximum Gasteiger partial charge on any atom is 0.235 e. The van der Waals surface area contributed by atoms with Crippen LogP contribution in [0.1, 0.15) is 12.8 Å². The van der Waals surface area contributed by atoms with Gasteiger partial charge in [0, 0.05) is 0 Å². The maximum absolute atomic E-state index is 10.3. The van der Waals surface area contributed by atoms with E-state index in [1.54, 1.807) is 0 Å². The first-order valence-electron chi connectivity index (χ1n) is 3.44. The van der Waals surface area contributed by atoms with Gasteiger partial charge in [-0.1, -0.05) is 0 Å². The average Bonchev–Trinajstić information content (AvgIpc) is 2.34. The first-order chi connectivity index (χ1) is 4.79. The van der Waals surface area contributed by atoms with E-state index in [2.05, 4.69) is 10.6 Å². The van der Waals surface area contributed by atoms with Gasteiger partial charge in [-0.25, -0.2) is 0 Å². The summed E-state index contributed by atoms with van der Waals surface area (Å²) in [6.45, 7) is 1.30. The van der Waals surface area contributed by atoms with Gasteiger partial charge in [0.05, 0.1) is 12.7 Å². The van der Waals surface area contributed by atoms with Gasteiger partial charge in [0.15, 0.2) is 0 Å². The lowest BCUT2D eigenvalue weighted by molar-refractivity contribution is -0.111. The minimum absolute atomic E-state index is 0.263. The molecular formula is C6H11ClN2O. The molecule has 1 aliphatic rings. The minimum Gasteiger partial charge on any atom is -0.302 e. The van der Waals surface area contributed by atoms with E-state index in [1.807, 2.05) is 0 Å². The number of rotatable bonds is 3. The molecule has 1 rings (SSSR count). The van der Waals surface area contributed by atoms with Crippen molar-refractivity contribution in [1.82, 2.24) is 10.6 Å². The Bertz CT molecular complexity index is 123. The zero-order valence-electron chi connectivity index (χ0n) is 5.69. The number of carbonyl (C=O) groups is 1. The van der Waals surface area contributed by atoms with Crippen molar-refractivity contribution in [2.24, 2.45) is 0 Å². The highest BCUT2D eigenvalue weighted by Gasteiger charge is 2.12. The fraction of sp³-hybridized carbons (Fsp3) is 0.833. The number of carbonyl (C=O) groups excluding carboxylic acids is 1. The fourth-order valence-electron chi connectivity index (χ4n) is 1.06. The third-order valence-electron chi connectivity index (χ3n) is 1.55. The molecule has 1 heterocycles. The second kappa shape index (κ2) is 3.91. The molecule has 3 nitrogen and oxygen atoms in total.